The maximum absolute atomic E-state index is 12.5. The van der Waals surface area contributed by atoms with E-state index in [-0.39, 0.29) is 23.5 Å². The zero-order valence-electron chi connectivity index (χ0n) is 10.7. The minimum absolute atomic E-state index is 0.0329. The van der Waals surface area contributed by atoms with E-state index in [2.05, 4.69) is 15.9 Å². The SMILES string of the molecule is Cc1cc(C(=O)O)cc(S(=O)(=O)N2CC[C@@H](O)C2)c1Br. The van der Waals surface area contributed by atoms with E-state index in [4.69, 9.17) is 5.11 Å². The summed E-state index contributed by atoms with van der Waals surface area (Å²) < 4.78 is 26.6. The summed E-state index contributed by atoms with van der Waals surface area (Å²) in [6, 6.07) is 2.55. The van der Waals surface area contributed by atoms with Crippen molar-refractivity contribution >= 4 is 31.9 Å². The minimum atomic E-state index is -3.82. The fraction of sp³-hybridized carbons (Fsp3) is 0.417. The monoisotopic (exact) mass is 363 g/mol. The van der Waals surface area contributed by atoms with E-state index in [1.165, 1.54) is 10.4 Å². The van der Waals surface area contributed by atoms with Gasteiger partial charge in [0.15, 0.2) is 0 Å². The topological polar surface area (TPSA) is 94.9 Å². The summed E-state index contributed by atoms with van der Waals surface area (Å²) in [6.07, 6.45) is -0.290. The largest absolute Gasteiger partial charge is 0.478 e. The first kappa shape index (κ1) is 15.4. The molecule has 0 aliphatic carbocycles. The van der Waals surface area contributed by atoms with Crippen molar-refractivity contribution in [1.29, 1.82) is 0 Å². The van der Waals surface area contributed by atoms with Crippen LogP contribution in [0.15, 0.2) is 21.5 Å². The second kappa shape index (κ2) is 5.44. The molecule has 0 amide bonds. The van der Waals surface area contributed by atoms with Crippen molar-refractivity contribution in [2.75, 3.05) is 13.1 Å². The van der Waals surface area contributed by atoms with Crippen LogP contribution in [0.5, 0.6) is 0 Å². The van der Waals surface area contributed by atoms with E-state index >= 15 is 0 Å². The fourth-order valence-electron chi connectivity index (χ4n) is 2.12. The Hall–Kier alpha value is -0.960. The molecule has 1 atom stereocenters. The van der Waals surface area contributed by atoms with Gasteiger partial charge >= 0.3 is 5.97 Å². The van der Waals surface area contributed by atoms with Gasteiger partial charge in [-0.1, -0.05) is 0 Å². The number of nitrogens with zero attached hydrogens (tertiary/aromatic N) is 1. The molecule has 1 aliphatic rings. The Morgan fingerprint density at radius 3 is 2.60 bits per heavy atom. The molecule has 1 aromatic rings. The van der Waals surface area contributed by atoms with E-state index in [1.54, 1.807) is 6.92 Å². The van der Waals surface area contributed by atoms with Crippen molar-refractivity contribution in [2.24, 2.45) is 0 Å². The molecule has 20 heavy (non-hydrogen) atoms. The van der Waals surface area contributed by atoms with Crippen molar-refractivity contribution in [3.05, 3.63) is 27.7 Å². The number of aromatic carboxylic acids is 1. The highest BCUT2D eigenvalue weighted by Gasteiger charge is 2.33. The number of carbonyl (C=O) groups is 1. The van der Waals surface area contributed by atoms with Crippen LogP contribution in [-0.4, -0.2) is 48.1 Å². The zero-order chi connectivity index (χ0) is 15.1. The third-order valence-corrected chi connectivity index (χ3v) is 6.42. The number of aliphatic hydroxyl groups is 1. The normalized spacial score (nSPS) is 20.2. The van der Waals surface area contributed by atoms with Gasteiger partial charge < -0.3 is 10.2 Å². The van der Waals surface area contributed by atoms with Crippen LogP contribution in [-0.2, 0) is 10.0 Å². The standard InChI is InChI=1S/C12H14BrNO5S/c1-7-4-8(12(16)17)5-10(11(7)13)20(18,19)14-3-2-9(15)6-14/h4-5,9,15H,2-3,6H2,1H3,(H,16,17)/t9-/m1/s1. The highest BCUT2D eigenvalue weighted by atomic mass is 79.9. The summed E-state index contributed by atoms with van der Waals surface area (Å²) in [6.45, 7) is 1.89. The van der Waals surface area contributed by atoms with Gasteiger partial charge in [0, 0.05) is 17.6 Å². The number of carboxylic acid groups (broad SMARTS) is 1. The number of sulfonamides is 1. The number of hydrogen-bond donors (Lipinski definition) is 2. The van der Waals surface area contributed by atoms with Gasteiger partial charge in [-0.3, -0.25) is 0 Å². The van der Waals surface area contributed by atoms with Crippen molar-refractivity contribution in [3.8, 4) is 0 Å². The first-order valence-electron chi connectivity index (χ1n) is 5.95. The van der Waals surface area contributed by atoms with Gasteiger partial charge in [0.05, 0.1) is 16.6 Å². The molecule has 1 heterocycles. The van der Waals surface area contributed by atoms with Gasteiger partial charge in [-0.15, -0.1) is 0 Å². The van der Waals surface area contributed by atoms with Crippen LogP contribution in [0.2, 0.25) is 0 Å². The third-order valence-electron chi connectivity index (χ3n) is 3.21. The van der Waals surface area contributed by atoms with Crippen molar-refractivity contribution in [1.82, 2.24) is 4.31 Å². The molecular weight excluding hydrogens is 350 g/mol. The van der Waals surface area contributed by atoms with Crippen LogP contribution in [0, 0.1) is 6.92 Å². The molecule has 1 fully saturated rings. The molecule has 1 aromatic carbocycles. The molecule has 8 heteroatoms. The van der Waals surface area contributed by atoms with Crippen molar-refractivity contribution < 1.29 is 23.4 Å². The lowest BCUT2D eigenvalue weighted by atomic mass is 10.1. The fourth-order valence-corrected chi connectivity index (χ4v) is 4.61. The van der Waals surface area contributed by atoms with Crippen LogP contribution in [0.1, 0.15) is 22.3 Å². The molecule has 0 bridgehead atoms. The summed E-state index contributed by atoms with van der Waals surface area (Å²) in [7, 11) is -3.82. The van der Waals surface area contributed by atoms with Crippen LogP contribution in [0.25, 0.3) is 0 Å². The van der Waals surface area contributed by atoms with Crippen LogP contribution >= 0.6 is 15.9 Å². The van der Waals surface area contributed by atoms with E-state index < -0.39 is 22.1 Å². The summed E-state index contributed by atoms with van der Waals surface area (Å²) in [5.74, 6) is -1.18. The quantitative estimate of drug-likeness (QED) is 0.841. The highest BCUT2D eigenvalue weighted by molar-refractivity contribution is 9.10. The highest BCUT2D eigenvalue weighted by Crippen LogP contribution is 2.31. The molecule has 110 valence electrons. The smallest absolute Gasteiger partial charge is 0.335 e. The molecule has 0 spiro atoms. The first-order chi connectivity index (χ1) is 9.23. The van der Waals surface area contributed by atoms with E-state index in [0.717, 1.165) is 6.07 Å². The number of aliphatic hydroxyl groups excluding tert-OH is 1. The maximum atomic E-state index is 12.5. The van der Waals surface area contributed by atoms with Crippen LogP contribution in [0.3, 0.4) is 0 Å². The number of carboxylic acids is 1. The summed E-state index contributed by atoms with van der Waals surface area (Å²) in [5.41, 5.74) is 0.451. The summed E-state index contributed by atoms with van der Waals surface area (Å²) in [5, 5.41) is 18.5. The van der Waals surface area contributed by atoms with Gasteiger partial charge in [0.1, 0.15) is 0 Å². The van der Waals surface area contributed by atoms with Gasteiger partial charge in [-0.25, -0.2) is 13.2 Å². The Bertz CT molecular complexity index is 658. The molecule has 0 unspecified atom stereocenters. The number of benzene rings is 1. The molecule has 2 rings (SSSR count). The number of aryl methyl sites for hydroxylation is 1. The van der Waals surface area contributed by atoms with Crippen LogP contribution in [0.4, 0.5) is 0 Å². The molecule has 0 saturated carbocycles. The lowest BCUT2D eigenvalue weighted by molar-refractivity contribution is 0.0696. The van der Waals surface area contributed by atoms with Crippen molar-refractivity contribution in [2.45, 2.75) is 24.3 Å². The average molecular weight is 364 g/mol. The Morgan fingerprint density at radius 1 is 1.45 bits per heavy atom. The van der Waals surface area contributed by atoms with E-state index in [1.807, 2.05) is 0 Å². The molecule has 0 radical (unpaired) electrons. The number of rotatable bonds is 3. The lowest BCUT2D eigenvalue weighted by Gasteiger charge is -2.18. The van der Waals surface area contributed by atoms with Gasteiger partial charge in [0.25, 0.3) is 0 Å². The van der Waals surface area contributed by atoms with Crippen molar-refractivity contribution in [3.63, 3.8) is 0 Å². The lowest BCUT2D eigenvalue weighted by Crippen LogP contribution is -2.30. The first-order valence-corrected chi connectivity index (χ1v) is 8.18. The van der Waals surface area contributed by atoms with Gasteiger partial charge in [0.2, 0.25) is 10.0 Å². The summed E-state index contributed by atoms with van der Waals surface area (Å²) in [4.78, 5) is 11.0. The van der Waals surface area contributed by atoms with Gasteiger partial charge in [-0.2, -0.15) is 4.31 Å². The maximum Gasteiger partial charge on any atom is 0.335 e. The average Bonchev–Trinajstić information content (AvgIpc) is 2.79. The van der Waals surface area contributed by atoms with Crippen LogP contribution < -0.4 is 0 Å². The molecule has 6 nitrogen and oxygen atoms in total. The predicted octanol–water partition coefficient (Wildman–Crippen LogP) is 1.21. The number of halogens is 1. The Kier molecular flexibility index (Phi) is 4.19. The molecule has 1 saturated heterocycles. The second-order valence-corrected chi connectivity index (χ2v) is 7.42. The minimum Gasteiger partial charge on any atom is -0.478 e. The molecule has 2 N–H and O–H groups in total. The molecule has 0 aromatic heterocycles. The Labute approximate surface area is 125 Å². The molecular formula is C12H14BrNO5S. The second-order valence-electron chi connectivity index (χ2n) is 4.72. The van der Waals surface area contributed by atoms with Gasteiger partial charge in [-0.05, 0) is 47.0 Å². The predicted molar refractivity (Wildman–Crippen MR) is 75.2 cm³/mol. The Balaban J connectivity index is 2.54. The Morgan fingerprint density at radius 2 is 2.10 bits per heavy atom. The summed E-state index contributed by atoms with van der Waals surface area (Å²) >= 11 is 3.20. The third kappa shape index (κ3) is 2.73. The van der Waals surface area contributed by atoms with E-state index in [9.17, 15) is 18.3 Å². The van der Waals surface area contributed by atoms with E-state index in [0.29, 0.717) is 16.5 Å². The number of β-amino-alcohol motifs (C(OH)–C–C–N with tert-alkyl or cyclic N) is 1. The number of hydrogen-bond acceptors (Lipinski definition) is 4. The molecule has 1 aliphatic heterocycles. The zero-order valence-corrected chi connectivity index (χ0v) is 13.1.